The van der Waals surface area contributed by atoms with Crippen LogP contribution in [0.3, 0.4) is 0 Å². The molecule has 134 valence electrons. The van der Waals surface area contributed by atoms with Gasteiger partial charge in [-0.1, -0.05) is 23.7 Å². The predicted molar refractivity (Wildman–Crippen MR) is 98.1 cm³/mol. The van der Waals surface area contributed by atoms with Gasteiger partial charge in [0.1, 0.15) is 22.6 Å². The molecule has 1 aliphatic rings. The molecule has 0 spiro atoms. The van der Waals surface area contributed by atoms with Crippen LogP contribution >= 0.6 is 11.6 Å². The van der Waals surface area contributed by atoms with Crippen molar-refractivity contribution in [3.05, 3.63) is 52.7 Å². The molecule has 1 aromatic heterocycles. The highest BCUT2D eigenvalue weighted by Gasteiger charge is 2.24. The van der Waals surface area contributed by atoms with Gasteiger partial charge < -0.3 is 4.90 Å². The maximum absolute atomic E-state index is 13.0. The first-order valence-electron chi connectivity index (χ1n) is 8.50. The Morgan fingerprint density at radius 2 is 2.00 bits per heavy atom. The van der Waals surface area contributed by atoms with Crippen LogP contribution in [0, 0.1) is 12.7 Å². The van der Waals surface area contributed by atoms with Crippen molar-refractivity contribution < 1.29 is 4.39 Å². The van der Waals surface area contributed by atoms with Crippen molar-refractivity contribution in [3.63, 3.8) is 0 Å². The first-order chi connectivity index (χ1) is 12.0. The highest BCUT2D eigenvalue weighted by Crippen LogP contribution is 2.24. The highest BCUT2D eigenvalue weighted by molar-refractivity contribution is 6.29. The third-order valence-corrected chi connectivity index (χ3v) is 4.68. The minimum Gasteiger partial charge on any atom is -0.360 e. The number of nitrogens with one attached hydrogen (secondary N) is 2. The van der Waals surface area contributed by atoms with E-state index >= 15 is 0 Å². The Hall–Kier alpha value is -1.76. The van der Waals surface area contributed by atoms with Crippen LogP contribution in [0.4, 0.5) is 10.2 Å². The molecule has 2 atom stereocenters. The van der Waals surface area contributed by atoms with Gasteiger partial charge in [-0.2, -0.15) is 0 Å². The molecule has 0 saturated carbocycles. The molecule has 0 amide bonds. The quantitative estimate of drug-likeness (QED) is 0.770. The number of halogens is 2. The Morgan fingerprint density at radius 1 is 1.24 bits per heavy atom. The van der Waals surface area contributed by atoms with Crippen LogP contribution in [0.25, 0.3) is 0 Å². The number of anilines is 1. The minimum absolute atomic E-state index is 0.200. The fraction of sp³-hybridized carbons (Fsp3) is 0.444. The van der Waals surface area contributed by atoms with Gasteiger partial charge in [-0.05, 0) is 43.9 Å². The maximum atomic E-state index is 13.0. The van der Waals surface area contributed by atoms with Gasteiger partial charge in [-0.15, -0.1) is 0 Å². The summed E-state index contributed by atoms with van der Waals surface area (Å²) in [5.41, 5.74) is 7.76. The summed E-state index contributed by atoms with van der Waals surface area (Å²) in [5.74, 6) is 1.33. The number of rotatable bonds is 6. The van der Waals surface area contributed by atoms with Gasteiger partial charge in [0.25, 0.3) is 0 Å². The number of benzene rings is 1. The lowest BCUT2D eigenvalue weighted by Gasteiger charge is -2.19. The molecule has 1 fully saturated rings. The van der Waals surface area contributed by atoms with Gasteiger partial charge in [0, 0.05) is 31.7 Å². The Bertz CT molecular complexity index is 689. The van der Waals surface area contributed by atoms with Crippen LogP contribution in [-0.2, 0) is 0 Å². The number of aryl methyl sites for hydroxylation is 1. The number of nitrogens with zero attached hydrogens (tertiary/aromatic N) is 3. The standard InChI is InChI=1S/C18H23ClFN5/c1-12-21-17(19)11-18(22-12)25(2)9-3-4-15-10-16(24-23-15)13-5-7-14(20)8-6-13/h5-8,11,15-16,23-24H,3-4,9-10H2,1-2H3. The molecule has 2 aromatic rings. The van der Waals surface area contributed by atoms with Crippen molar-refractivity contribution in [2.75, 3.05) is 18.5 Å². The van der Waals surface area contributed by atoms with Crippen LogP contribution in [0.5, 0.6) is 0 Å². The fourth-order valence-corrected chi connectivity index (χ4v) is 3.35. The molecule has 3 rings (SSSR count). The summed E-state index contributed by atoms with van der Waals surface area (Å²) in [7, 11) is 2.01. The topological polar surface area (TPSA) is 53.1 Å². The Balaban J connectivity index is 1.45. The summed E-state index contributed by atoms with van der Waals surface area (Å²) in [6.07, 6.45) is 3.08. The largest absolute Gasteiger partial charge is 0.360 e. The zero-order valence-corrected chi connectivity index (χ0v) is 15.2. The van der Waals surface area contributed by atoms with Crippen molar-refractivity contribution in [1.82, 2.24) is 20.8 Å². The van der Waals surface area contributed by atoms with Gasteiger partial charge in [0.15, 0.2) is 0 Å². The van der Waals surface area contributed by atoms with E-state index in [0.29, 0.717) is 17.0 Å². The van der Waals surface area contributed by atoms with E-state index in [9.17, 15) is 4.39 Å². The molecule has 1 aliphatic heterocycles. The van der Waals surface area contributed by atoms with Gasteiger partial charge >= 0.3 is 0 Å². The smallest absolute Gasteiger partial charge is 0.134 e. The van der Waals surface area contributed by atoms with Crippen LogP contribution in [0.1, 0.15) is 36.7 Å². The molecule has 2 heterocycles. The van der Waals surface area contributed by atoms with E-state index in [0.717, 1.165) is 37.2 Å². The molecule has 7 heteroatoms. The Morgan fingerprint density at radius 3 is 2.72 bits per heavy atom. The minimum atomic E-state index is -0.200. The third kappa shape index (κ3) is 4.87. The first kappa shape index (κ1) is 18.0. The molecule has 25 heavy (non-hydrogen) atoms. The Kier molecular flexibility index (Phi) is 5.83. The fourth-order valence-electron chi connectivity index (χ4n) is 3.13. The highest BCUT2D eigenvalue weighted by atomic mass is 35.5. The van der Waals surface area contributed by atoms with E-state index in [1.807, 2.05) is 26.1 Å². The van der Waals surface area contributed by atoms with E-state index in [1.54, 1.807) is 6.07 Å². The second-order valence-electron chi connectivity index (χ2n) is 6.49. The van der Waals surface area contributed by atoms with Crippen molar-refractivity contribution >= 4 is 17.4 Å². The van der Waals surface area contributed by atoms with E-state index < -0.39 is 0 Å². The summed E-state index contributed by atoms with van der Waals surface area (Å²) in [6, 6.07) is 9.11. The summed E-state index contributed by atoms with van der Waals surface area (Å²) >= 11 is 6.00. The van der Waals surface area contributed by atoms with Crippen LogP contribution in [0.15, 0.2) is 30.3 Å². The second kappa shape index (κ2) is 8.08. The van der Waals surface area contributed by atoms with Crippen molar-refractivity contribution in [2.45, 2.75) is 38.3 Å². The van der Waals surface area contributed by atoms with Gasteiger partial charge in [0.2, 0.25) is 0 Å². The molecule has 1 saturated heterocycles. The third-order valence-electron chi connectivity index (χ3n) is 4.48. The van der Waals surface area contributed by atoms with Gasteiger partial charge in [0.05, 0.1) is 0 Å². The number of aromatic nitrogens is 2. The summed E-state index contributed by atoms with van der Waals surface area (Å²) in [5, 5.41) is 0.471. The van der Waals surface area contributed by atoms with E-state index in [1.165, 1.54) is 12.1 Å². The van der Waals surface area contributed by atoms with Gasteiger partial charge in [-0.25, -0.2) is 14.4 Å². The molecule has 5 nitrogen and oxygen atoms in total. The lowest BCUT2D eigenvalue weighted by Crippen LogP contribution is -2.31. The SMILES string of the molecule is Cc1nc(Cl)cc(N(C)CCCC2CC(c3ccc(F)cc3)NN2)n1. The molecule has 2 unspecified atom stereocenters. The van der Waals surface area contributed by atoms with Crippen molar-refractivity contribution in [2.24, 2.45) is 0 Å². The lowest BCUT2D eigenvalue weighted by molar-refractivity contribution is 0.502. The van der Waals surface area contributed by atoms with Crippen LogP contribution in [0.2, 0.25) is 5.15 Å². The van der Waals surface area contributed by atoms with Crippen LogP contribution in [-0.4, -0.2) is 29.6 Å². The van der Waals surface area contributed by atoms with E-state index in [-0.39, 0.29) is 11.9 Å². The van der Waals surface area contributed by atoms with Crippen molar-refractivity contribution in [3.8, 4) is 0 Å². The normalized spacial score (nSPS) is 20.0. The average Bonchev–Trinajstić information content (AvgIpc) is 3.03. The van der Waals surface area contributed by atoms with Crippen LogP contribution < -0.4 is 15.8 Å². The summed E-state index contributed by atoms with van der Waals surface area (Å²) in [6.45, 7) is 2.74. The molecular formula is C18H23ClFN5. The molecule has 0 bridgehead atoms. The van der Waals surface area contributed by atoms with E-state index in [4.69, 9.17) is 11.6 Å². The maximum Gasteiger partial charge on any atom is 0.134 e. The Labute approximate surface area is 152 Å². The zero-order chi connectivity index (χ0) is 17.8. The average molecular weight is 364 g/mol. The summed E-state index contributed by atoms with van der Waals surface area (Å²) < 4.78 is 13.0. The molecule has 0 radical (unpaired) electrons. The zero-order valence-electron chi connectivity index (χ0n) is 14.5. The first-order valence-corrected chi connectivity index (χ1v) is 8.88. The number of hydrogen-bond donors (Lipinski definition) is 2. The lowest BCUT2D eigenvalue weighted by atomic mass is 10.00. The van der Waals surface area contributed by atoms with Gasteiger partial charge in [-0.3, -0.25) is 10.9 Å². The number of hydrazine groups is 1. The van der Waals surface area contributed by atoms with Crippen molar-refractivity contribution in [1.29, 1.82) is 0 Å². The molecule has 1 aromatic carbocycles. The molecular weight excluding hydrogens is 341 g/mol. The predicted octanol–water partition coefficient (Wildman–Crippen LogP) is 3.40. The summed E-state index contributed by atoms with van der Waals surface area (Å²) in [4.78, 5) is 10.6. The molecule has 2 N–H and O–H groups in total. The molecule has 0 aliphatic carbocycles. The monoisotopic (exact) mass is 363 g/mol. The second-order valence-corrected chi connectivity index (χ2v) is 6.87. The van der Waals surface area contributed by atoms with E-state index in [2.05, 4.69) is 25.7 Å². The number of hydrogen-bond acceptors (Lipinski definition) is 5.